The summed E-state index contributed by atoms with van der Waals surface area (Å²) in [5, 5.41) is 9.46. The Bertz CT molecular complexity index is 2220. The lowest BCUT2D eigenvalue weighted by Gasteiger charge is -2.12. The van der Waals surface area contributed by atoms with Gasteiger partial charge in [-0.1, -0.05) is 37.4 Å². The molecule has 0 radical (unpaired) electrons. The molecule has 282 valence electrons. The monoisotopic (exact) mass is 755 g/mol. The van der Waals surface area contributed by atoms with E-state index in [0.717, 1.165) is 12.2 Å². The van der Waals surface area contributed by atoms with Gasteiger partial charge in [-0.3, -0.25) is 0 Å². The molecule has 2 aromatic heterocycles. The maximum absolute atomic E-state index is 13.2. The minimum absolute atomic E-state index is 0.0747. The summed E-state index contributed by atoms with van der Waals surface area (Å²) in [4.78, 5) is 65.7. The standard InChI is InChI=1S/C41H33N5O10/c1-3-36(47)53-19-5-17-51-32-23-43-38(44-24-32)28-8-12-30(13-9-28)40(49)55-34-16-7-27(22-42)21-35(34)56-41(50)31-14-10-29(11-15-31)39-45-25-33(26-46-39)52-18-6-20-54-37(48)4-2/h3-4,7-16,21,23-26H,1-2,5-6,17-20H2. The van der Waals surface area contributed by atoms with E-state index in [9.17, 15) is 24.4 Å². The molecule has 0 spiro atoms. The lowest BCUT2D eigenvalue weighted by atomic mass is 10.1. The van der Waals surface area contributed by atoms with E-state index in [4.69, 9.17) is 28.4 Å². The van der Waals surface area contributed by atoms with Crippen LogP contribution in [0, 0.1) is 11.3 Å². The zero-order chi connectivity index (χ0) is 39.7. The van der Waals surface area contributed by atoms with Crippen LogP contribution in [0.3, 0.4) is 0 Å². The Kier molecular flexibility index (Phi) is 14.0. The molecule has 3 aromatic carbocycles. The molecule has 0 bridgehead atoms. The molecule has 0 unspecified atom stereocenters. The Morgan fingerprint density at radius 3 is 1.43 bits per heavy atom. The number of esters is 4. The molecule has 5 aromatic rings. The fourth-order valence-electron chi connectivity index (χ4n) is 4.61. The molecule has 0 fully saturated rings. The molecule has 5 rings (SSSR count). The van der Waals surface area contributed by atoms with Gasteiger partial charge in [-0.2, -0.15) is 5.26 Å². The van der Waals surface area contributed by atoms with E-state index in [-0.39, 0.29) is 41.4 Å². The molecule has 0 N–H and O–H groups in total. The van der Waals surface area contributed by atoms with Gasteiger partial charge in [0.25, 0.3) is 0 Å². The van der Waals surface area contributed by atoms with Gasteiger partial charge in [-0.05, 0) is 36.4 Å². The van der Waals surface area contributed by atoms with Crippen LogP contribution in [0.1, 0.15) is 39.1 Å². The number of ether oxygens (including phenoxy) is 6. The Balaban J connectivity index is 1.16. The number of nitrogens with zero attached hydrogens (tertiary/aromatic N) is 5. The van der Waals surface area contributed by atoms with Crippen molar-refractivity contribution in [3.05, 3.63) is 134 Å². The predicted octanol–water partition coefficient (Wildman–Crippen LogP) is 5.91. The van der Waals surface area contributed by atoms with Crippen molar-refractivity contribution in [1.82, 2.24) is 19.9 Å². The van der Waals surface area contributed by atoms with E-state index in [2.05, 4.69) is 33.1 Å². The lowest BCUT2D eigenvalue weighted by molar-refractivity contribution is -0.138. The Morgan fingerprint density at radius 2 is 1.02 bits per heavy atom. The molecule has 56 heavy (non-hydrogen) atoms. The largest absolute Gasteiger partial charge is 0.490 e. The number of hydrogen-bond acceptors (Lipinski definition) is 15. The van der Waals surface area contributed by atoms with Crippen molar-refractivity contribution in [3.8, 4) is 51.8 Å². The van der Waals surface area contributed by atoms with Crippen molar-refractivity contribution in [2.45, 2.75) is 12.8 Å². The van der Waals surface area contributed by atoms with Crippen LogP contribution in [0.25, 0.3) is 22.8 Å². The van der Waals surface area contributed by atoms with Crippen molar-refractivity contribution in [3.63, 3.8) is 0 Å². The summed E-state index contributed by atoms with van der Waals surface area (Å²) in [7, 11) is 0. The second-order valence-electron chi connectivity index (χ2n) is 11.3. The minimum Gasteiger partial charge on any atom is -0.490 e. The van der Waals surface area contributed by atoms with Crippen molar-refractivity contribution in [2.75, 3.05) is 26.4 Å². The topological polar surface area (TPSA) is 199 Å². The van der Waals surface area contributed by atoms with Crippen LogP contribution in [0.15, 0.2) is 117 Å². The minimum atomic E-state index is -0.762. The highest BCUT2D eigenvalue weighted by Gasteiger charge is 2.18. The van der Waals surface area contributed by atoms with Crippen molar-refractivity contribution in [2.24, 2.45) is 0 Å². The second kappa shape index (κ2) is 19.9. The van der Waals surface area contributed by atoms with Crippen LogP contribution >= 0.6 is 0 Å². The fourth-order valence-corrected chi connectivity index (χ4v) is 4.61. The van der Waals surface area contributed by atoms with Crippen LogP contribution in [0.2, 0.25) is 0 Å². The van der Waals surface area contributed by atoms with Gasteiger partial charge in [0.1, 0.15) is 0 Å². The number of hydrogen-bond donors (Lipinski definition) is 0. The predicted molar refractivity (Wildman–Crippen MR) is 199 cm³/mol. The van der Waals surface area contributed by atoms with Crippen molar-refractivity contribution < 1.29 is 47.6 Å². The van der Waals surface area contributed by atoms with E-state index < -0.39 is 23.9 Å². The molecular weight excluding hydrogens is 722 g/mol. The third-order valence-electron chi connectivity index (χ3n) is 7.43. The SMILES string of the molecule is C=CC(=O)OCCCOc1cnc(-c2ccc(C(=O)Oc3ccc(C#N)cc3OC(=O)c3ccc(-c4ncc(OCCCOC(=O)C=C)cn4)cc3)cc2)nc1. The van der Waals surface area contributed by atoms with Gasteiger partial charge < -0.3 is 28.4 Å². The number of nitriles is 1. The number of carbonyl (C=O) groups is 4. The third kappa shape index (κ3) is 11.4. The Morgan fingerprint density at radius 1 is 0.589 bits per heavy atom. The number of benzene rings is 3. The summed E-state index contributed by atoms with van der Waals surface area (Å²) in [5.41, 5.74) is 1.79. The molecule has 15 nitrogen and oxygen atoms in total. The molecule has 2 heterocycles. The van der Waals surface area contributed by atoms with Gasteiger partial charge in [0.2, 0.25) is 0 Å². The van der Waals surface area contributed by atoms with Gasteiger partial charge in [-0.25, -0.2) is 39.1 Å². The highest BCUT2D eigenvalue weighted by Crippen LogP contribution is 2.30. The highest BCUT2D eigenvalue weighted by molar-refractivity contribution is 5.94. The normalized spacial score (nSPS) is 10.3. The molecule has 0 saturated carbocycles. The van der Waals surface area contributed by atoms with Gasteiger partial charge in [0, 0.05) is 42.2 Å². The first-order valence-electron chi connectivity index (χ1n) is 16.9. The molecule has 0 aliphatic rings. The van der Waals surface area contributed by atoms with Crippen LogP contribution < -0.4 is 18.9 Å². The summed E-state index contributed by atoms with van der Waals surface area (Å²) >= 11 is 0. The number of carbonyl (C=O) groups excluding carboxylic acids is 4. The van der Waals surface area contributed by atoms with E-state index in [1.54, 1.807) is 24.3 Å². The van der Waals surface area contributed by atoms with E-state index in [1.807, 2.05) is 6.07 Å². The second-order valence-corrected chi connectivity index (χ2v) is 11.3. The van der Waals surface area contributed by atoms with Crippen LogP contribution in [-0.4, -0.2) is 70.2 Å². The average molecular weight is 756 g/mol. The summed E-state index contributed by atoms with van der Waals surface area (Å²) in [6.45, 7) is 7.64. The summed E-state index contributed by atoms with van der Waals surface area (Å²) < 4.78 is 32.1. The summed E-state index contributed by atoms with van der Waals surface area (Å²) in [6, 6.07) is 18.7. The van der Waals surface area contributed by atoms with Gasteiger partial charge in [0.05, 0.1) is 74.0 Å². The Hall–Kier alpha value is -7.73. The lowest BCUT2D eigenvalue weighted by Crippen LogP contribution is -2.13. The van der Waals surface area contributed by atoms with E-state index in [0.29, 0.717) is 60.3 Å². The zero-order valence-electron chi connectivity index (χ0n) is 29.8. The van der Waals surface area contributed by atoms with Crippen LogP contribution in [0.5, 0.6) is 23.0 Å². The van der Waals surface area contributed by atoms with Gasteiger partial charge in [-0.15, -0.1) is 0 Å². The molecule has 0 aliphatic carbocycles. The summed E-state index contributed by atoms with van der Waals surface area (Å²) in [6.07, 6.45) is 9.15. The van der Waals surface area contributed by atoms with Crippen LogP contribution in [0.4, 0.5) is 0 Å². The maximum Gasteiger partial charge on any atom is 0.343 e. The molecule has 0 atom stereocenters. The molecule has 0 aliphatic heterocycles. The first-order valence-corrected chi connectivity index (χ1v) is 16.9. The van der Waals surface area contributed by atoms with E-state index in [1.165, 1.54) is 67.3 Å². The van der Waals surface area contributed by atoms with Crippen molar-refractivity contribution in [1.29, 1.82) is 5.26 Å². The van der Waals surface area contributed by atoms with Gasteiger partial charge >= 0.3 is 23.9 Å². The smallest absolute Gasteiger partial charge is 0.343 e. The maximum atomic E-state index is 13.2. The fraction of sp³-hybridized carbons (Fsp3) is 0.146. The highest BCUT2D eigenvalue weighted by atomic mass is 16.6. The van der Waals surface area contributed by atoms with Gasteiger partial charge in [0.15, 0.2) is 34.6 Å². The number of rotatable bonds is 18. The number of aromatic nitrogens is 4. The van der Waals surface area contributed by atoms with Crippen LogP contribution in [-0.2, 0) is 19.1 Å². The molecule has 0 amide bonds. The zero-order valence-corrected chi connectivity index (χ0v) is 29.8. The molecule has 0 saturated heterocycles. The first kappa shape index (κ1) is 39.5. The molecule has 15 heteroatoms. The summed E-state index contributed by atoms with van der Waals surface area (Å²) in [5.74, 6) is -1.07. The molecular formula is C41H33N5O10. The third-order valence-corrected chi connectivity index (χ3v) is 7.43. The Labute approximate surface area is 320 Å². The average Bonchev–Trinajstić information content (AvgIpc) is 3.24. The first-order chi connectivity index (χ1) is 27.3. The van der Waals surface area contributed by atoms with Crippen molar-refractivity contribution >= 4 is 23.9 Å². The van der Waals surface area contributed by atoms with E-state index >= 15 is 0 Å². The quantitative estimate of drug-likeness (QED) is 0.0442.